The van der Waals surface area contributed by atoms with Gasteiger partial charge in [0.05, 0.1) is 0 Å². The molecule has 2 aromatic carbocycles. The SMILES string of the molecule is C=CP(=O)(O)Oc1ccc(C)c(-c2ccccc2)c1. The van der Waals surface area contributed by atoms with Crippen LogP contribution in [0, 0.1) is 6.92 Å². The van der Waals surface area contributed by atoms with Crippen molar-refractivity contribution in [3.05, 3.63) is 66.5 Å². The minimum absolute atomic E-state index is 0.357. The van der Waals surface area contributed by atoms with Crippen LogP contribution in [0.4, 0.5) is 0 Å². The molecule has 0 aliphatic rings. The number of hydrogen-bond acceptors (Lipinski definition) is 2. The van der Waals surface area contributed by atoms with E-state index in [1.54, 1.807) is 12.1 Å². The van der Waals surface area contributed by atoms with Crippen LogP contribution in [0.5, 0.6) is 5.75 Å². The van der Waals surface area contributed by atoms with Crippen molar-refractivity contribution >= 4 is 7.60 Å². The molecule has 4 heteroatoms. The predicted molar refractivity (Wildman–Crippen MR) is 77.3 cm³/mol. The van der Waals surface area contributed by atoms with E-state index in [2.05, 4.69) is 6.58 Å². The number of aryl methyl sites for hydroxylation is 1. The molecule has 0 saturated carbocycles. The summed E-state index contributed by atoms with van der Waals surface area (Å²) in [5.41, 5.74) is 3.09. The lowest BCUT2D eigenvalue weighted by Crippen LogP contribution is -1.90. The highest BCUT2D eigenvalue weighted by atomic mass is 31.2. The van der Waals surface area contributed by atoms with Gasteiger partial charge in [0, 0.05) is 5.82 Å². The molecule has 0 fully saturated rings. The fourth-order valence-electron chi connectivity index (χ4n) is 1.77. The largest absolute Gasteiger partial charge is 0.422 e. The molecule has 0 aliphatic heterocycles. The molecule has 0 aliphatic carbocycles. The molecule has 1 atom stereocenters. The average Bonchev–Trinajstić information content (AvgIpc) is 2.42. The number of hydrogen-bond donors (Lipinski definition) is 1. The summed E-state index contributed by atoms with van der Waals surface area (Å²) in [6.07, 6.45) is 0. The normalized spacial score (nSPS) is 13.6. The quantitative estimate of drug-likeness (QED) is 0.842. The van der Waals surface area contributed by atoms with Crippen molar-refractivity contribution < 1.29 is 14.0 Å². The zero-order chi connectivity index (χ0) is 13.9. The Labute approximate surface area is 112 Å². The first-order chi connectivity index (χ1) is 9.02. The fraction of sp³-hybridized carbons (Fsp3) is 0.0667. The van der Waals surface area contributed by atoms with E-state index in [0.717, 1.165) is 22.5 Å². The molecule has 0 amide bonds. The third-order valence-corrected chi connectivity index (χ3v) is 3.69. The molecule has 98 valence electrons. The molecular weight excluding hydrogens is 259 g/mol. The highest BCUT2D eigenvalue weighted by molar-refractivity contribution is 7.56. The van der Waals surface area contributed by atoms with Crippen molar-refractivity contribution in [1.29, 1.82) is 0 Å². The minimum atomic E-state index is -3.76. The highest BCUT2D eigenvalue weighted by Crippen LogP contribution is 2.44. The van der Waals surface area contributed by atoms with E-state index in [4.69, 9.17) is 4.52 Å². The minimum Gasteiger partial charge on any atom is -0.422 e. The molecule has 0 spiro atoms. The van der Waals surface area contributed by atoms with Gasteiger partial charge in [0.25, 0.3) is 0 Å². The summed E-state index contributed by atoms with van der Waals surface area (Å²) >= 11 is 0. The number of rotatable bonds is 4. The zero-order valence-electron chi connectivity index (χ0n) is 10.6. The summed E-state index contributed by atoms with van der Waals surface area (Å²) in [6, 6.07) is 15.1. The lowest BCUT2D eigenvalue weighted by atomic mass is 10.0. The summed E-state index contributed by atoms with van der Waals surface area (Å²) in [6.45, 7) is 5.27. The van der Waals surface area contributed by atoms with Crippen molar-refractivity contribution in [2.24, 2.45) is 0 Å². The van der Waals surface area contributed by atoms with Gasteiger partial charge >= 0.3 is 7.60 Å². The average molecular weight is 274 g/mol. The first-order valence-electron chi connectivity index (χ1n) is 5.83. The van der Waals surface area contributed by atoms with Gasteiger partial charge in [0.15, 0.2) is 0 Å². The second-order valence-corrected chi connectivity index (χ2v) is 5.86. The van der Waals surface area contributed by atoms with E-state index in [0.29, 0.717) is 5.75 Å². The zero-order valence-corrected chi connectivity index (χ0v) is 11.5. The molecule has 1 unspecified atom stereocenters. The maximum atomic E-state index is 11.5. The second kappa shape index (κ2) is 5.43. The van der Waals surface area contributed by atoms with Gasteiger partial charge in [-0.1, -0.05) is 43.0 Å². The van der Waals surface area contributed by atoms with Crippen LogP contribution in [0.15, 0.2) is 60.9 Å². The molecule has 19 heavy (non-hydrogen) atoms. The summed E-state index contributed by atoms with van der Waals surface area (Å²) in [5, 5.41) is 0. The van der Waals surface area contributed by atoms with Gasteiger partial charge < -0.3 is 9.42 Å². The highest BCUT2D eigenvalue weighted by Gasteiger charge is 2.15. The first-order valence-corrected chi connectivity index (χ1v) is 7.48. The van der Waals surface area contributed by atoms with Gasteiger partial charge in [-0.15, -0.1) is 0 Å². The van der Waals surface area contributed by atoms with E-state index in [-0.39, 0.29) is 0 Å². The van der Waals surface area contributed by atoms with Gasteiger partial charge in [-0.3, -0.25) is 0 Å². The Morgan fingerprint density at radius 3 is 2.53 bits per heavy atom. The Kier molecular flexibility index (Phi) is 3.89. The van der Waals surface area contributed by atoms with Crippen LogP contribution in [-0.4, -0.2) is 4.89 Å². The van der Waals surface area contributed by atoms with Crippen LogP contribution in [0.25, 0.3) is 11.1 Å². The molecule has 0 bridgehead atoms. The van der Waals surface area contributed by atoms with E-state index in [9.17, 15) is 9.46 Å². The molecule has 0 saturated heterocycles. The van der Waals surface area contributed by atoms with Crippen LogP contribution in [-0.2, 0) is 4.57 Å². The van der Waals surface area contributed by atoms with Gasteiger partial charge in [0.2, 0.25) is 0 Å². The Bertz CT molecular complexity index is 635. The summed E-state index contributed by atoms with van der Waals surface area (Å²) in [4.78, 5) is 9.42. The Morgan fingerprint density at radius 1 is 1.21 bits per heavy atom. The van der Waals surface area contributed by atoms with Crippen LogP contribution < -0.4 is 4.52 Å². The Hall–Kier alpha value is -1.83. The third-order valence-electron chi connectivity index (χ3n) is 2.76. The number of benzene rings is 2. The second-order valence-electron chi connectivity index (χ2n) is 4.18. The van der Waals surface area contributed by atoms with Crippen LogP contribution in [0.1, 0.15) is 5.56 Å². The van der Waals surface area contributed by atoms with E-state index >= 15 is 0 Å². The molecule has 2 rings (SSSR count). The predicted octanol–water partition coefficient (Wildman–Crippen LogP) is 4.37. The Balaban J connectivity index is 2.41. The maximum absolute atomic E-state index is 11.5. The lowest BCUT2D eigenvalue weighted by Gasteiger charge is -2.12. The topological polar surface area (TPSA) is 46.5 Å². The van der Waals surface area contributed by atoms with Crippen molar-refractivity contribution in [3.63, 3.8) is 0 Å². The van der Waals surface area contributed by atoms with E-state index in [1.807, 2.05) is 43.3 Å². The molecular formula is C15H15O3P. The molecule has 0 aromatic heterocycles. The maximum Gasteiger partial charge on any atom is 0.400 e. The molecule has 1 N–H and O–H groups in total. The van der Waals surface area contributed by atoms with E-state index < -0.39 is 7.60 Å². The molecule has 2 aromatic rings. The lowest BCUT2D eigenvalue weighted by molar-refractivity contribution is 0.392. The Morgan fingerprint density at radius 2 is 1.89 bits per heavy atom. The first kappa shape index (κ1) is 13.6. The molecule has 3 nitrogen and oxygen atoms in total. The summed E-state index contributed by atoms with van der Waals surface area (Å²) in [7, 11) is -3.76. The van der Waals surface area contributed by atoms with E-state index in [1.165, 1.54) is 0 Å². The van der Waals surface area contributed by atoms with Crippen LogP contribution >= 0.6 is 7.60 Å². The van der Waals surface area contributed by atoms with Crippen molar-refractivity contribution in [1.82, 2.24) is 0 Å². The van der Waals surface area contributed by atoms with Crippen molar-refractivity contribution in [2.45, 2.75) is 6.92 Å². The van der Waals surface area contributed by atoms with Crippen molar-refractivity contribution in [2.75, 3.05) is 0 Å². The summed E-state index contributed by atoms with van der Waals surface area (Å²) < 4.78 is 16.6. The smallest absolute Gasteiger partial charge is 0.400 e. The van der Waals surface area contributed by atoms with Gasteiger partial charge in [-0.25, -0.2) is 4.57 Å². The van der Waals surface area contributed by atoms with Gasteiger partial charge in [-0.05, 0) is 35.7 Å². The molecule has 0 radical (unpaired) electrons. The third kappa shape index (κ3) is 3.34. The standard InChI is InChI=1S/C15H15O3P/c1-3-19(16,17)18-14-10-9-12(2)15(11-14)13-7-5-4-6-8-13/h3-11H,1H2,2H3,(H,16,17). The molecule has 0 heterocycles. The van der Waals surface area contributed by atoms with Crippen molar-refractivity contribution in [3.8, 4) is 16.9 Å². The van der Waals surface area contributed by atoms with Gasteiger partial charge in [0.1, 0.15) is 5.75 Å². The van der Waals surface area contributed by atoms with Crippen LogP contribution in [0.2, 0.25) is 0 Å². The van der Waals surface area contributed by atoms with Crippen LogP contribution in [0.3, 0.4) is 0 Å². The fourth-order valence-corrected chi connectivity index (χ4v) is 2.27. The monoisotopic (exact) mass is 274 g/mol. The van der Waals surface area contributed by atoms with Gasteiger partial charge in [-0.2, -0.15) is 0 Å². The summed E-state index contributed by atoms with van der Waals surface area (Å²) in [5.74, 6) is 1.28.